The summed E-state index contributed by atoms with van der Waals surface area (Å²) in [6, 6.07) is 9.11. The van der Waals surface area contributed by atoms with Gasteiger partial charge in [-0.15, -0.1) is 0 Å². The van der Waals surface area contributed by atoms with Gasteiger partial charge in [0.25, 0.3) is 5.91 Å². The van der Waals surface area contributed by atoms with E-state index in [9.17, 15) is 4.79 Å². The van der Waals surface area contributed by atoms with Crippen LogP contribution < -0.4 is 9.47 Å². The van der Waals surface area contributed by atoms with Crippen molar-refractivity contribution in [3.63, 3.8) is 0 Å². The highest BCUT2D eigenvalue weighted by atomic mass is 16.5. The first kappa shape index (κ1) is 18.8. The Balaban J connectivity index is 1.48. The van der Waals surface area contributed by atoms with Gasteiger partial charge in [-0.3, -0.25) is 9.78 Å². The van der Waals surface area contributed by atoms with Crippen molar-refractivity contribution in [1.82, 2.24) is 24.8 Å². The molecule has 0 bridgehead atoms. The van der Waals surface area contributed by atoms with Gasteiger partial charge in [0.1, 0.15) is 23.0 Å². The van der Waals surface area contributed by atoms with Crippen LogP contribution in [0.5, 0.6) is 17.4 Å². The number of aryl methyl sites for hydroxylation is 1. The first-order valence-electron chi connectivity index (χ1n) is 9.35. The summed E-state index contributed by atoms with van der Waals surface area (Å²) in [5.74, 6) is 2.52. The maximum atomic E-state index is 12.6. The molecule has 1 fully saturated rings. The van der Waals surface area contributed by atoms with E-state index in [1.807, 2.05) is 31.2 Å². The minimum absolute atomic E-state index is 0.0498. The lowest BCUT2D eigenvalue weighted by atomic mass is 10.1. The molecule has 2 aromatic heterocycles. The predicted octanol–water partition coefficient (Wildman–Crippen LogP) is 3.01. The second-order valence-corrected chi connectivity index (χ2v) is 6.81. The number of benzene rings is 1. The summed E-state index contributed by atoms with van der Waals surface area (Å²) < 4.78 is 11.1. The molecule has 0 spiro atoms. The number of hydrogen-bond acceptors (Lipinski definition) is 7. The SMILES string of the molecule is COc1ccc(Oc2cc(C)nc([C@@H]3CCN(C(=O)c4cnccn4)C3)n2)cc1. The van der Waals surface area contributed by atoms with Crippen molar-refractivity contribution in [3.05, 3.63) is 66.1 Å². The fraction of sp³-hybridized carbons (Fsp3) is 0.286. The van der Waals surface area contributed by atoms with Gasteiger partial charge in [-0.1, -0.05) is 0 Å². The number of carbonyl (C=O) groups is 1. The number of nitrogens with zero attached hydrogens (tertiary/aromatic N) is 5. The lowest BCUT2D eigenvalue weighted by Crippen LogP contribution is -2.29. The van der Waals surface area contributed by atoms with Gasteiger partial charge in [0, 0.05) is 43.2 Å². The predicted molar refractivity (Wildman–Crippen MR) is 105 cm³/mol. The standard InChI is InChI=1S/C21H21N5O3/c1-14-11-19(29-17-5-3-16(28-2)4-6-17)25-20(24-14)15-7-10-26(13-15)21(27)18-12-22-8-9-23-18/h3-6,8-9,11-12,15H,7,10,13H2,1-2H3/t15-/m1/s1. The molecule has 4 rings (SSSR count). The average Bonchev–Trinajstić information content (AvgIpc) is 3.24. The molecule has 1 atom stereocenters. The molecule has 1 aliphatic rings. The van der Waals surface area contributed by atoms with Gasteiger partial charge in [-0.05, 0) is 37.6 Å². The fourth-order valence-corrected chi connectivity index (χ4v) is 3.29. The number of hydrogen-bond donors (Lipinski definition) is 0. The topological polar surface area (TPSA) is 90.3 Å². The van der Waals surface area contributed by atoms with Crippen molar-refractivity contribution >= 4 is 5.91 Å². The van der Waals surface area contributed by atoms with Crippen molar-refractivity contribution in [2.75, 3.05) is 20.2 Å². The zero-order valence-electron chi connectivity index (χ0n) is 16.3. The lowest BCUT2D eigenvalue weighted by molar-refractivity contribution is 0.0784. The largest absolute Gasteiger partial charge is 0.497 e. The first-order chi connectivity index (χ1) is 14.1. The summed E-state index contributed by atoms with van der Waals surface area (Å²) in [7, 11) is 1.62. The van der Waals surface area contributed by atoms with E-state index in [1.54, 1.807) is 24.3 Å². The quantitative estimate of drug-likeness (QED) is 0.660. The Morgan fingerprint density at radius 3 is 2.66 bits per heavy atom. The highest BCUT2D eigenvalue weighted by molar-refractivity contribution is 5.92. The van der Waals surface area contributed by atoms with Crippen LogP contribution in [0.1, 0.15) is 34.3 Å². The van der Waals surface area contributed by atoms with E-state index in [-0.39, 0.29) is 11.8 Å². The summed E-state index contributed by atoms with van der Waals surface area (Å²) in [5.41, 5.74) is 1.17. The molecule has 8 heteroatoms. The van der Waals surface area contributed by atoms with Crippen LogP contribution in [0.15, 0.2) is 48.9 Å². The van der Waals surface area contributed by atoms with Gasteiger partial charge in [-0.25, -0.2) is 9.97 Å². The molecule has 1 amide bonds. The van der Waals surface area contributed by atoms with E-state index in [0.29, 0.717) is 36.2 Å². The molecule has 1 saturated heterocycles. The fourth-order valence-electron chi connectivity index (χ4n) is 3.29. The molecule has 0 N–H and O–H groups in total. The number of methoxy groups -OCH3 is 1. The minimum Gasteiger partial charge on any atom is -0.497 e. The highest BCUT2D eigenvalue weighted by Crippen LogP contribution is 2.29. The van der Waals surface area contributed by atoms with Crippen LogP contribution >= 0.6 is 0 Å². The Labute approximate surface area is 168 Å². The van der Waals surface area contributed by atoms with E-state index in [0.717, 1.165) is 17.9 Å². The third-order valence-electron chi connectivity index (χ3n) is 4.75. The van der Waals surface area contributed by atoms with E-state index < -0.39 is 0 Å². The van der Waals surface area contributed by atoms with Crippen LogP contribution in [-0.2, 0) is 0 Å². The van der Waals surface area contributed by atoms with Crippen molar-refractivity contribution in [1.29, 1.82) is 0 Å². The minimum atomic E-state index is -0.122. The zero-order valence-corrected chi connectivity index (χ0v) is 16.3. The van der Waals surface area contributed by atoms with Crippen molar-refractivity contribution in [2.45, 2.75) is 19.3 Å². The Hall–Kier alpha value is -3.55. The number of likely N-dealkylation sites (tertiary alicyclic amines) is 1. The van der Waals surface area contributed by atoms with Crippen LogP contribution in [0.2, 0.25) is 0 Å². The Morgan fingerprint density at radius 2 is 1.93 bits per heavy atom. The summed E-state index contributed by atoms with van der Waals surface area (Å²) in [6.07, 6.45) is 5.35. The lowest BCUT2D eigenvalue weighted by Gasteiger charge is -2.16. The van der Waals surface area contributed by atoms with Gasteiger partial charge in [0.05, 0.1) is 13.3 Å². The maximum absolute atomic E-state index is 12.6. The third kappa shape index (κ3) is 4.31. The number of amides is 1. The average molecular weight is 391 g/mol. The van der Waals surface area contributed by atoms with Crippen molar-refractivity contribution < 1.29 is 14.3 Å². The normalized spacial score (nSPS) is 15.9. The van der Waals surface area contributed by atoms with E-state index in [1.165, 1.54) is 12.4 Å². The van der Waals surface area contributed by atoms with Crippen LogP contribution in [0, 0.1) is 6.92 Å². The molecule has 3 aromatic rings. The number of aromatic nitrogens is 4. The molecule has 0 radical (unpaired) electrons. The molecule has 8 nitrogen and oxygen atoms in total. The van der Waals surface area contributed by atoms with Gasteiger partial charge in [-0.2, -0.15) is 4.98 Å². The summed E-state index contributed by atoms with van der Waals surface area (Å²) in [6.45, 7) is 3.08. The van der Waals surface area contributed by atoms with Crippen LogP contribution in [0.4, 0.5) is 0 Å². The summed E-state index contributed by atoms with van der Waals surface area (Å²) in [5, 5.41) is 0. The molecule has 3 heterocycles. The molecular formula is C21H21N5O3. The van der Waals surface area contributed by atoms with Crippen LogP contribution in [0.3, 0.4) is 0 Å². The van der Waals surface area contributed by atoms with E-state index in [2.05, 4.69) is 19.9 Å². The Bertz CT molecular complexity index is 995. The summed E-state index contributed by atoms with van der Waals surface area (Å²) >= 11 is 0. The number of ether oxygens (including phenoxy) is 2. The second kappa shape index (κ2) is 8.22. The number of carbonyl (C=O) groups excluding carboxylic acids is 1. The monoisotopic (exact) mass is 391 g/mol. The molecule has 1 aliphatic heterocycles. The van der Waals surface area contributed by atoms with Crippen molar-refractivity contribution in [2.24, 2.45) is 0 Å². The molecule has 0 unspecified atom stereocenters. The molecule has 0 saturated carbocycles. The molecular weight excluding hydrogens is 370 g/mol. The van der Waals surface area contributed by atoms with Crippen molar-refractivity contribution in [3.8, 4) is 17.4 Å². The molecule has 0 aliphatic carbocycles. The van der Waals surface area contributed by atoms with Gasteiger partial charge in [0.15, 0.2) is 0 Å². The summed E-state index contributed by atoms with van der Waals surface area (Å²) in [4.78, 5) is 31.6. The Kier molecular flexibility index (Phi) is 5.33. The van der Waals surface area contributed by atoms with Gasteiger partial charge >= 0.3 is 0 Å². The van der Waals surface area contributed by atoms with Crippen LogP contribution in [0.25, 0.3) is 0 Å². The molecule has 1 aromatic carbocycles. The second-order valence-electron chi connectivity index (χ2n) is 6.81. The van der Waals surface area contributed by atoms with Gasteiger partial charge in [0.2, 0.25) is 5.88 Å². The molecule has 29 heavy (non-hydrogen) atoms. The third-order valence-corrected chi connectivity index (χ3v) is 4.75. The smallest absolute Gasteiger partial charge is 0.274 e. The van der Waals surface area contributed by atoms with Gasteiger partial charge < -0.3 is 14.4 Å². The first-order valence-corrected chi connectivity index (χ1v) is 9.35. The van der Waals surface area contributed by atoms with Crippen LogP contribution in [-0.4, -0.2) is 50.9 Å². The number of rotatable bonds is 5. The Morgan fingerprint density at radius 1 is 1.14 bits per heavy atom. The van der Waals surface area contributed by atoms with E-state index >= 15 is 0 Å². The molecule has 148 valence electrons. The van der Waals surface area contributed by atoms with E-state index in [4.69, 9.17) is 9.47 Å². The highest BCUT2D eigenvalue weighted by Gasteiger charge is 2.30. The zero-order chi connectivity index (χ0) is 20.2. The maximum Gasteiger partial charge on any atom is 0.274 e.